The van der Waals surface area contributed by atoms with Gasteiger partial charge >= 0.3 is 17.8 Å². The van der Waals surface area contributed by atoms with Gasteiger partial charge in [-0.3, -0.25) is 4.79 Å². The Labute approximate surface area is 118 Å². The van der Waals surface area contributed by atoms with Gasteiger partial charge in [-0.05, 0) is 35.9 Å². The maximum atomic E-state index is 12.2. The van der Waals surface area contributed by atoms with E-state index in [1.54, 1.807) is 0 Å². The number of ether oxygens (including phenoxy) is 1. The van der Waals surface area contributed by atoms with Gasteiger partial charge in [0.2, 0.25) is 0 Å². The lowest BCUT2D eigenvalue weighted by Crippen LogP contribution is -2.18. The van der Waals surface area contributed by atoms with Crippen LogP contribution in [0.2, 0.25) is 0 Å². The summed E-state index contributed by atoms with van der Waals surface area (Å²) in [5, 5.41) is 8.49. The van der Waals surface area contributed by atoms with Crippen molar-refractivity contribution in [2.45, 2.75) is 29.6 Å². The molecule has 3 nitrogen and oxygen atoms in total. The first kappa shape index (κ1) is 17.5. The second-order valence-corrected chi connectivity index (χ2v) is 4.90. The number of hydrogen-bond donors (Lipinski definition) is 1. The SMILES string of the molecule is O=C(O)CCc1ccc(SC(F)(F)F)cc1OC(F)(F)F. The molecule has 0 amide bonds. The molecule has 1 N–H and O–H groups in total. The minimum absolute atomic E-state index is 0.138. The fraction of sp³-hybridized carbons (Fsp3) is 0.364. The molecule has 1 aromatic rings. The van der Waals surface area contributed by atoms with E-state index < -0.39 is 46.7 Å². The van der Waals surface area contributed by atoms with E-state index in [0.717, 1.165) is 12.1 Å². The van der Waals surface area contributed by atoms with E-state index in [4.69, 9.17) is 5.11 Å². The first-order valence-electron chi connectivity index (χ1n) is 5.32. The summed E-state index contributed by atoms with van der Waals surface area (Å²) >= 11 is -0.590. The number of hydrogen-bond acceptors (Lipinski definition) is 3. The van der Waals surface area contributed by atoms with Crippen LogP contribution in [0.25, 0.3) is 0 Å². The fourth-order valence-corrected chi connectivity index (χ4v) is 1.97. The van der Waals surface area contributed by atoms with Gasteiger partial charge in [0.1, 0.15) is 5.75 Å². The predicted molar refractivity (Wildman–Crippen MR) is 61.0 cm³/mol. The number of carboxylic acids is 1. The third-order valence-corrected chi connectivity index (χ3v) is 2.83. The minimum atomic E-state index is -5.08. The Kier molecular flexibility index (Phi) is 5.37. The normalized spacial score (nSPS) is 12.3. The molecule has 0 radical (unpaired) electrons. The highest BCUT2D eigenvalue weighted by atomic mass is 32.2. The summed E-state index contributed by atoms with van der Waals surface area (Å²) < 4.78 is 76.9. The Morgan fingerprint density at radius 1 is 1.19 bits per heavy atom. The molecule has 10 heteroatoms. The Hall–Kier alpha value is -1.58. The first-order chi connectivity index (χ1) is 9.46. The summed E-state index contributed by atoms with van der Waals surface area (Å²) in [6.45, 7) is 0. The average molecular weight is 334 g/mol. The van der Waals surface area contributed by atoms with E-state index in [1.165, 1.54) is 0 Å². The van der Waals surface area contributed by atoms with Crippen LogP contribution >= 0.6 is 11.8 Å². The molecular formula is C11H8F6O3S. The number of carbonyl (C=O) groups is 1. The van der Waals surface area contributed by atoms with Crippen LogP contribution in [0, 0.1) is 0 Å². The monoisotopic (exact) mass is 334 g/mol. The number of benzene rings is 1. The molecule has 0 aliphatic heterocycles. The van der Waals surface area contributed by atoms with Gasteiger partial charge in [-0.1, -0.05) is 6.07 Å². The lowest BCUT2D eigenvalue weighted by atomic mass is 10.1. The van der Waals surface area contributed by atoms with Crippen molar-refractivity contribution in [2.24, 2.45) is 0 Å². The number of halogens is 6. The van der Waals surface area contributed by atoms with E-state index in [0.29, 0.717) is 6.07 Å². The molecule has 0 aliphatic rings. The van der Waals surface area contributed by atoms with Crippen LogP contribution in [0.15, 0.2) is 23.1 Å². The summed E-state index contributed by atoms with van der Waals surface area (Å²) in [5.74, 6) is -2.08. The van der Waals surface area contributed by atoms with Crippen LogP contribution in [0.1, 0.15) is 12.0 Å². The van der Waals surface area contributed by atoms with Crippen molar-refractivity contribution in [3.8, 4) is 5.75 Å². The number of thioether (sulfide) groups is 1. The molecular weight excluding hydrogens is 326 g/mol. The Morgan fingerprint density at radius 2 is 1.81 bits per heavy atom. The molecule has 118 valence electrons. The zero-order chi connectivity index (χ0) is 16.3. The van der Waals surface area contributed by atoms with Gasteiger partial charge in [0.15, 0.2) is 0 Å². The number of aliphatic carboxylic acids is 1. The van der Waals surface area contributed by atoms with Gasteiger partial charge in [0, 0.05) is 11.3 Å². The highest BCUT2D eigenvalue weighted by molar-refractivity contribution is 8.00. The second-order valence-electron chi connectivity index (χ2n) is 3.76. The van der Waals surface area contributed by atoms with Crippen molar-refractivity contribution < 1.29 is 41.0 Å². The molecule has 0 saturated heterocycles. The van der Waals surface area contributed by atoms with Crippen LogP contribution in [0.3, 0.4) is 0 Å². The van der Waals surface area contributed by atoms with Gasteiger partial charge in [-0.15, -0.1) is 13.2 Å². The molecule has 1 rings (SSSR count). The summed E-state index contributed by atoms with van der Waals surface area (Å²) in [6.07, 6.45) is -5.85. The lowest BCUT2D eigenvalue weighted by Gasteiger charge is -2.14. The first-order valence-corrected chi connectivity index (χ1v) is 6.14. The Morgan fingerprint density at radius 3 is 2.29 bits per heavy atom. The van der Waals surface area contributed by atoms with Crippen molar-refractivity contribution in [1.82, 2.24) is 0 Å². The molecule has 0 atom stereocenters. The maximum absolute atomic E-state index is 12.2. The van der Waals surface area contributed by atoms with Gasteiger partial charge in [0.25, 0.3) is 0 Å². The van der Waals surface area contributed by atoms with Crippen LogP contribution in [-0.2, 0) is 11.2 Å². The van der Waals surface area contributed by atoms with E-state index in [1.807, 2.05) is 0 Å². The molecule has 0 fully saturated rings. The summed E-state index contributed by atoms with van der Waals surface area (Å²) in [5.41, 5.74) is -4.79. The van der Waals surface area contributed by atoms with Crippen LogP contribution < -0.4 is 4.74 Å². The molecule has 0 saturated carbocycles. The lowest BCUT2D eigenvalue weighted by molar-refractivity contribution is -0.275. The minimum Gasteiger partial charge on any atom is -0.481 e. The number of rotatable bonds is 5. The second kappa shape index (κ2) is 6.46. The van der Waals surface area contributed by atoms with Crippen LogP contribution in [0.4, 0.5) is 26.3 Å². The highest BCUT2D eigenvalue weighted by Gasteiger charge is 2.33. The van der Waals surface area contributed by atoms with E-state index in [-0.39, 0.29) is 12.0 Å². The standard InChI is InChI=1S/C11H8F6O3S/c12-10(13,14)20-8-5-7(21-11(15,16)17)3-1-6(8)2-4-9(18)19/h1,3,5H,2,4H2,(H,18,19). The quantitative estimate of drug-likeness (QED) is 0.647. The van der Waals surface area contributed by atoms with Gasteiger partial charge < -0.3 is 9.84 Å². The summed E-state index contributed by atoms with van der Waals surface area (Å²) in [7, 11) is 0. The Bertz CT molecular complexity index is 512. The van der Waals surface area contributed by atoms with Crippen molar-refractivity contribution in [3.63, 3.8) is 0 Å². The third-order valence-electron chi connectivity index (χ3n) is 2.11. The summed E-state index contributed by atoms with van der Waals surface area (Å²) in [6, 6.07) is 2.53. The molecule has 21 heavy (non-hydrogen) atoms. The van der Waals surface area contributed by atoms with Crippen LogP contribution in [-0.4, -0.2) is 22.9 Å². The number of aryl methyl sites for hydroxylation is 1. The molecule has 1 aromatic carbocycles. The van der Waals surface area contributed by atoms with Crippen LogP contribution in [0.5, 0.6) is 5.75 Å². The fourth-order valence-electron chi connectivity index (χ4n) is 1.40. The third kappa shape index (κ3) is 7.11. The highest BCUT2D eigenvalue weighted by Crippen LogP contribution is 2.39. The maximum Gasteiger partial charge on any atom is 0.573 e. The Balaban J connectivity index is 3.04. The molecule has 0 bridgehead atoms. The van der Waals surface area contributed by atoms with Crippen molar-refractivity contribution in [3.05, 3.63) is 23.8 Å². The zero-order valence-electron chi connectivity index (χ0n) is 10.1. The van der Waals surface area contributed by atoms with E-state index in [2.05, 4.69) is 4.74 Å². The largest absolute Gasteiger partial charge is 0.573 e. The molecule has 0 spiro atoms. The van der Waals surface area contributed by atoms with Gasteiger partial charge in [0.05, 0.1) is 0 Å². The van der Waals surface area contributed by atoms with E-state index >= 15 is 0 Å². The van der Waals surface area contributed by atoms with E-state index in [9.17, 15) is 31.1 Å². The van der Waals surface area contributed by atoms with Crippen molar-refractivity contribution in [1.29, 1.82) is 0 Å². The molecule has 0 aromatic heterocycles. The van der Waals surface area contributed by atoms with Crippen molar-refractivity contribution in [2.75, 3.05) is 0 Å². The molecule has 0 aliphatic carbocycles. The zero-order valence-corrected chi connectivity index (χ0v) is 10.9. The predicted octanol–water partition coefficient (Wildman–Crippen LogP) is 4.21. The summed E-state index contributed by atoms with van der Waals surface area (Å²) in [4.78, 5) is 9.92. The van der Waals surface area contributed by atoms with Crippen molar-refractivity contribution >= 4 is 17.7 Å². The molecule has 0 unspecified atom stereocenters. The average Bonchev–Trinajstić information content (AvgIpc) is 2.23. The number of carboxylic acid groups (broad SMARTS) is 1. The number of alkyl halides is 6. The molecule has 0 heterocycles. The topological polar surface area (TPSA) is 46.5 Å². The van der Waals surface area contributed by atoms with Gasteiger partial charge in [-0.25, -0.2) is 0 Å². The smallest absolute Gasteiger partial charge is 0.481 e. The van der Waals surface area contributed by atoms with Gasteiger partial charge in [-0.2, -0.15) is 13.2 Å².